The van der Waals surface area contributed by atoms with Crippen LogP contribution in [0.3, 0.4) is 0 Å². The van der Waals surface area contributed by atoms with Gasteiger partial charge >= 0.3 is 0 Å². The molecule has 0 spiro atoms. The number of allylic oxidation sites excluding steroid dienone is 1. The Bertz CT molecular complexity index is 388. The number of rotatable bonds is 2. The fourth-order valence-corrected chi connectivity index (χ4v) is 1.59. The molecule has 0 aliphatic carbocycles. The Morgan fingerprint density at radius 3 is 2.73 bits per heavy atom. The van der Waals surface area contributed by atoms with Crippen LogP contribution in [-0.4, -0.2) is 11.1 Å². The van der Waals surface area contributed by atoms with Gasteiger partial charge in [-0.1, -0.05) is 28.1 Å². The molecule has 1 heterocycles. The molecule has 0 bridgehead atoms. The molecule has 0 saturated carbocycles. The summed E-state index contributed by atoms with van der Waals surface area (Å²) < 4.78 is 1.11. The van der Waals surface area contributed by atoms with Crippen molar-refractivity contribution in [1.82, 2.24) is 4.90 Å². The molecule has 1 aliphatic rings. The number of aliphatic imine (C=N–C) groups is 1. The predicted molar refractivity (Wildman–Crippen MR) is 66.5 cm³/mol. The van der Waals surface area contributed by atoms with E-state index in [0.29, 0.717) is 0 Å². The van der Waals surface area contributed by atoms with E-state index in [4.69, 9.17) is 0 Å². The van der Waals surface area contributed by atoms with Crippen LogP contribution in [0.5, 0.6) is 0 Å². The van der Waals surface area contributed by atoms with Gasteiger partial charge in [0.2, 0.25) is 0 Å². The molecule has 2 rings (SSSR count). The summed E-state index contributed by atoms with van der Waals surface area (Å²) in [6.07, 6.45) is 9.47. The van der Waals surface area contributed by atoms with Crippen molar-refractivity contribution in [1.29, 1.82) is 0 Å². The Labute approximate surface area is 97.8 Å². The molecule has 0 N–H and O–H groups in total. The van der Waals surface area contributed by atoms with Crippen molar-refractivity contribution < 1.29 is 0 Å². The monoisotopic (exact) mass is 262 g/mol. The van der Waals surface area contributed by atoms with Crippen LogP contribution in [-0.2, 0) is 6.54 Å². The number of halogens is 1. The lowest BCUT2D eigenvalue weighted by Gasteiger charge is -2.14. The molecule has 0 radical (unpaired) electrons. The quantitative estimate of drug-likeness (QED) is 0.799. The van der Waals surface area contributed by atoms with E-state index in [1.54, 1.807) is 12.4 Å². The summed E-state index contributed by atoms with van der Waals surface area (Å²) in [5, 5.41) is 0. The van der Waals surface area contributed by atoms with Gasteiger partial charge in [0.25, 0.3) is 0 Å². The van der Waals surface area contributed by atoms with Crippen LogP contribution < -0.4 is 0 Å². The van der Waals surface area contributed by atoms with Gasteiger partial charge in [-0.15, -0.1) is 0 Å². The second-order valence-electron chi connectivity index (χ2n) is 3.24. The third-order valence-corrected chi connectivity index (χ3v) is 2.60. The van der Waals surface area contributed by atoms with E-state index in [0.717, 1.165) is 11.0 Å². The molecule has 0 unspecified atom stereocenters. The average molecular weight is 263 g/mol. The molecular formula is C12H11BrN2. The van der Waals surface area contributed by atoms with Crippen molar-refractivity contribution in [3.8, 4) is 0 Å². The Balaban J connectivity index is 2.05. The summed E-state index contributed by atoms with van der Waals surface area (Å²) in [6.45, 7) is 0.865. The first-order valence-corrected chi connectivity index (χ1v) is 5.51. The van der Waals surface area contributed by atoms with E-state index < -0.39 is 0 Å². The zero-order chi connectivity index (χ0) is 10.5. The van der Waals surface area contributed by atoms with Gasteiger partial charge < -0.3 is 4.90 Å². The Kier molecular flexibility index (Phi) is 3.35. The molecule has 0 atom stereocenters. The van der Waals surface area contributed by atoms with Crippen molar-refractivity contribution in [2.45, 2.75) is 6.54 Å². The Morgan fingerprint density at radius 1 is 1.13 bits per heavy atom. The van der Waals surface area contributed by atoms with Gasteiger partial charge in [-0.3, -0.25) is 4.99 Å². The van der Waals surface area contributed by atoms with Crippen LogP contribution >= 0.6 is 15.9 Å². The van der Waals surface area contributed by atoms with E-state index in [1.165, 1.54) is 5.56 Å². The molecule has 0 fully saturated rings. The molecule has 76 valence electrons. The van der Waals surface area contributed by atoms with Gasteiger partial charge in [0.05, 0.1) is 0 Å². The fourth-order valence-electron chi connectivity index (χ4n) is 1.33. The number of nitrogens with zero attached hydrogens (tertiary/aromatic N) is 2. The highest BCUT2D eigenvalue weighted by Crippen LogP contribution is 2.12. The van der Waals surface area contributed by atoms with Crippen molar-refractivity contribution in [3.05, 3.63) is 59.0 Å². The number of benzene rings is 1. The summed E-state index contributed by atoms with van der Waals surface area (Å²) in [5.74, 6) is 0. The lowest BCUT2D eigenvalue weighted by molar-refractivity contribution is 0.502. The molecule has 2 nitrogen and oxygen atoms in total. The van der Waals surface area contributed by atoms with Crippen LogP contribution in [0.1, 0.15) is 5.56 Å². The largest absolute Gasteiger partial charge is 0.348 e. The summed E-state index contributed by atoms with van der Waals surface area (Å²) >= 11 is 3.42. The van der Waals surface area contributed by atoms with Crippen LogP contribution in [0, 0.1) is 0 Å². The van der Waals surface area contributed by atoms with Crippen molar-refractivity contribution >= 4 is 22.1 Å². The van der Waals surface area contributed by atoms with Gasteiger partial charge in [0, 0.05) is 35.8 Å². The van der Waals surface area contributed by atoms with Gasteiger partial charge in [-0.05, 0) is 23.8 Å². The third-order valence-electron chi connectivity index (χ3n) is 2.07. The maximum absolute atomic E-state index is 4.04. The molecule has 1 aromatic rings. The molecule has 1 aromatic carbocycles. The Hall–Kier alpha value is -1.35. The van der Waals surface area contributed by atoms with Gasteiger partial charge in [-0.2, -0.15) is 0 Å². The first-order chi connectivity index (χ1) is 7.34. The van der Waals surface area contributed by atoms with Gasteiger partial charge in [0.15, 0.2) is 0 Å². The fraction of sp³-hybridized carbons (Fsp3) is 0.0833. The van der Waals surface area contributed by atoms with Crippen LogP contribution in [0.25, 0.3) is 0 Å². The van der Waals surface area contributed by atoms with Gasteiger partial charge in [-0.25, -0.2) is 0 Å². The average Bonchev–Trinajstić information content (AvgIpc) is 2.50. The van der Waals surface area contributed by atoms with Crippen molar-refractivity contribution in [2.24, 2.45) is 4.99 Å². The van der Waals surface area contributed by atoms with Crippen LogP contribution in [0.2, 0.25) is 0 Å². The molecule has 3 heteroatoms. The first-order valence-electron chi connectivity index (χ1n) is 4.71. The SMILES string of the molecule is Brc1ccc(CN2C=CC=NC=C2)cc1. The molecule has 0 amide bonds. The van der Waals surface area contributed by atoms with E-state index in [1.807, 2.05) is 18.5 Å². The Morgan fingerprint density at radius 2 is 1.93 bits per heavy atom. The number of hydrogen-bond donors (Lipinski definition) is 0. The highest BCUT2D eigenvalue weighted by molar-refractivity contribution is 9.10. The normalized spacial score (nSPS) is 14.3. The molecule has 0 aromatic heterocycles. The predicted octanol–water partition coefficient (Wildman–Crippen LogP) is 3.32. The van der Waals surface area contributed by atoms with E-state index in [2.05, 4.69) is 50.1 Å². The van der Waals surface area contributed by atoms with E-state index in [9.17, 15) is 0 Å². The zero-order valence-corrected chi connectivity index (χ0v) is 9.76. The van der Waals surface area contributed by atoms with Crippen molar-refractivity contribution in [3.63, 3.8) is 0 Å². The van der Waals surface area contributed by atoms with Crippen LogP contribution in [0.4, 0.5) is 0 Å². The minimum atomic E-state index is 0.865. The maximum Gasteiger partial charge on any atom is 0.0470 e. The summed E-state index contributed by atoms with van der Waals surface area (Å²) in [7, 11) is 0. The second-order valence-corrected chi connectivity index (χ2v) is 4.15. The lowest BCUT2D eigenvalue weighted by Crippen LogP contribution is -2.08. The topological polar surface area (TPSA) is 15.6 Å². The van der Waals surface area contributed by atoms with Crippen molar-refractivity contribution in [2.75, 3.05) is 0 Å². The highest BCUT2D eigenvalue weighted by atomic mass is 79.9. The lowest BCUT2D eigenvalue weighted by atomic mass is 10.2. The van der Waals surface area contributed by atoms with E-state index >= 15 is 0 Å². The molecular weight excluding hydrogens is 252 g/mol. The van der Waals surface area contributed by atoms with E-state index in [-0.39, 0.29) is 0 Å². The highest BCUT2D eigenvalue weighted by Gasteiger charge is 1.98. The standard InChI is InChI=1S/C12H11BrN2/c13-12-4-2-11(3-5-12)10-15-8-1-6-14-7-9-15/h1-9H,10H2. The summed E-state index contributed by atoms with van der Waals surface area (Å²) in [4.78, 5) is 6.13. The molecule has 0 saturated heterocycles. The second kappa shape index (κ2) is 4.94. The smallest absolute Gasteiger partial charge is 0.0470 e. The molecule has 15 heavy (non-hydrogen) atoms. The summed E-state index contributed by atoms with van der Waals surface area (Å²) in [6, 6.07) is 8.32. The molecule has 1 aliphatic heterocycles. The third kappa shape index (κ3) is 3.06. The minimum Gasteiger partial charge on any atom is -0.348 e. The number of hydrogen-bond acceptors (Lipinski definition) is 2. The maximum atomic E-state index is 4.04. The minimum absolute atomic E-state index is 0.865. The zero-order valence-electron chi connectivity index (χ0n) is 8.18. The summed E-state index contributed by atoms with van der Waals surface area (Å²) in [5.41, 5.74) is 1.27. The van der Waals surface area contributed by atoms with Crippen LogP contribution in [0.15, 0.2) is 58.4 Å². The first kappa shape index (κ1) is 10.2. The van der Waals surface area contributed by atoms with Gasteiger partial charge in [0.1, 0.15) is 0 Å².